The monoisotopic (exact) mass is 421 g/mol. The molecule has 0 aliphatic heterocycles. The van der Waals surface area contributed by atoms with Gasteiger partial charge in [-0.1, -0.05) is 11.2 Å². The number of hydrogen-bond acceptors (Lipinski definition) is 6. The van der Waals surface area contributed by atoms with Crippen LogP contribution in [0.4, 0.5) is 5.69 Å². The maximum Gasteiger partial charge on any atom is 0.329 e. The van der Waals surface area contributed by atoms with E-state index in [9.17, 15) is 9.59 Å². The standard InChI is InChI=1S/C22H23N5O4/c1-13(2)27-18-9-8-15(21-23-14(3)31-25-21)10-19(18)26(22(27)29)12-20(28)24-16-6-5-7-17(11-16)30-4/h5-11,13H,12H2,1-4H3,(H,24,28). The van der Waals surface area contributed by atoms with Crippen LogP contribution in [0.25, 0.3) is 22.4 Å². The van der Waals surface area contributed by atoms with Gasteiger partial charge in [0.25, 0.3) is 0 Å². The summed E-state index contributed by atoms with van der Waals surface area (Å²) < 4.78 is 13.4. The maximum atomic E-state index is 13.1. The van der Waals surface area contributed by atoms with E-state index in [4.69, 9.17) is 9.26 Å². The van der Waals surface area contributed by atoms with Gasteiger partial charge in [-0.25, -0.2) is 4.79 Å². The first-order valence-electron chi connectivity index (χ1n) is 9.86. The number of aryl methyl sites for hydroxylation is 1. The van der Waals surface area contributed by atoms with Crippen molar-refractivity contribution in [3.63, 3.8) is 0 Å². The molecule has 2 aromatic heterocycles. The Kier molecular flexibility index (Phi) is 5.33. The fourth-order valence-corrected chi connectivity index (χ4v) is 3.53. The number of aromatic nitrogens is 4. The van der Waals surface area contributed by atoms with E-state index in [0.717, 1.165) is 5.52 Å². The van der Waals surface area contributed by atoms with Crippen LogP contribution in [0, 0.1) is 6.92 Å². The summed E-state index contributed by atoms with van der Waals surface area (Å²) in [6.07, 6.45) is 0. The Labute approximate surface area is 178 Å². The van der Waals surface area contributed by atoms with Crippen molar-refractivity contribution >= 4 is 22.6 Å². The average Bonchev–Trinajstić information content (AvgIpc) is 3.29. The molecule has 0 radical (unpaired) electrons. The Morgan fingerprint density at radius 2 is 2.00 bits per heavy atom. The van der Waals surface area contributed by atoms with Gasteiger partial charge in [0, 0.05) is 30.3 Å². The van der Waals surface area contributed by atoms with Crippen molar-refractivity contribution in [2.45, 2.75) is 33.4 Å². The molecule has 2 heterocycles. The molecule has 1 amide bonds. The minimum Gasteiger partial charge on any atom is -0.497 e. The Morgan fingerprint density at radius 3 is 2.68 bits per heavy atom. The van der Waals surface area contributed by atoms with Crippen LogP contribution >= 0.6 is 0 Å². The number of carbonyl (C=O) groups excluding carboxylic acids is 1. The van der Waals surface area contributed by atoms with Crippen LogP contribution in [-0.2, 0) is 11.3 Å². The van der Waals surface area contributed by atoms with Gasteiger partial charge in [0.05, 0.1) is 18.1 Å². The van der Waals surface area contributed by atoms with E-state index in [1.807, 2.05) is 26.0 Å². The molecular weight excluding hydrogens is 398 g/mol. The molecule has 0 bridgehead atoms. The summed E-state index contributed by atoms with van der Waals surface area (Å²) in [5, 5.41) is 6.77. The second kappa shape index (κ2) is 8.10. The SMILES string of the molecule is COc1cccc(NC(=O)Cn2c(=O)n(C(C)C)c3ccc(-c4noc(C)n4)cc32)c1. The number of ether oxygens (including phenoxy) is 1. The van der Waals surface area contributed by atoms with E-state index < -0.39 is 0 Å². The van der Waals surface area contributed by atoms with Gasteiger partial charge in [0.2, 0.25) is 17.6 Å². The van der Waals surface area contributed by atoms with Gasteiger partial charge in [-0.05, 0) is 44.2 Å². The van der Waals surface area contributed by atoms with Gasteiger partial charge in [-0.2, -0.15) is 4.98 Å². The molecule has 0 aliphatic carbocycles. The number of hydrogen-bond donors (Lipinski definition) is 1. The number of fused-ring (bicyclic) bond motifs is 1. The first-order chi connectivity index (χ1) is 14.9. The molecular formula is C22H23N5O4. The number of methoxy groups -OCH3 is 1. The molecule has 160 valence electrons. The molecule has 0 aliphatic rings. The molecule has 31 heavy (non-hydrogen) atoms. The van der Waals surface area contributed by atoms with Crippen LogP contribution in [0.3, 0.4) is 0 Å². The van der Waals surface area contributed by atoms with E-state index in [2.05, 4.69) is 15.5 Å². The van der Waals surface area contributed by atoms with Crippen molar-refractivity contribution in [3.8, 4) is 17.1 Å². The summed E-state index contributed by atoms with van der Waals surface area (Å²) in [5.41, 5.74) is 2.39. The van der Waals surface area contributed by atoms with Crippen LogP contribution < -0.4 is 15.7 Å². The van der Waals surface area contributed by atoms with Crippen LogP contribution in [0.5, 0.6) is 5.75 Å². The molecule has 0 spiro atoms. The zero-order valence-corrected chi connectivity index (χ0v) is 17.7. The van der Waals surface area contributed by atoms with Crippen LogP contribution in [0.1, 0.15) is 25.8 Å². The quantitative estimate of drug-likeness (QED) is 0.512. The smallest absolute Gasteiger partial charge is 0.329 e. The third-order valence-corrected chi connectivity index (χ3v) is 4.92. The van der Waals surface area contributed by atoms with E-state index in [1.165, 1.54) is 4.57 Å². The van der Waals surface area contributed by atoms with E-state index in [-0.39, 0.29) is 24.2 Å². The van der Waals surface area contributed by atoms with E-state index in [0.29, 0.717) is 34.2 Å². The zero-order valence-electron chi connectivity index (χ0n) is 17.7. The second-order valence-corrected chi connectivity index (χ2v) is 7.45. The molecule has 4 rings (SSSR count). The fourth-order valence-electron chi connectivity index (χ4n) is 3.53. The van der Waals surface area contributed by atoms with Crippen LogP contribution in [0.15, 0.2) is 51.8 Å². The fraction of sp³-hybridized carbons (Fsp3) is 0.273. The minimum absolute atomic E-state index is 0.0732. The number of rotatable bonds is 6. The van der Waals surface area contributed by atoms with E-state index >= 15 is 0 Å². The normalized spacial score (nSPS) is 11.3. The lowest BCUT2D eigenvalue weighted by Gasteiger charge is -2.08. The zero-order chi connectivity index (χ0) is 22.1. The maximum absolute atomic E-state index is 13.1. The lowest BCUT2D eigenvalue weighted by Crippen LogP contribution is -2.30. The highest BCUT2D eigenvalue weighted by molar-refractivity contribution is 5.92. The molecule has 0 unspecified atom stereocenters. The molecule has 0 saturated carbocycles. The summed E-state index contributed by atoms with van der Waals surface area (Å²) in [6, 6.07) is 12.5. The van der Waals surface area contributed by atoms with Crippen molar-refractivity contribution in [2.24, 2.45) is 0 Å². The predicted octanol–water partition coefficient (Wildman–Crippen LogP) is 3.39. The largest absolute Gasteiger partial charge is 0.497 e. The number of nitrogens with zero attached hydrogens (tertiary/aromatic N) is 4. The highest BCUT2D eigenvalue weighted by Gasteiger charge is 2.19. The Hall–Kier alpha value is -3.88. The van der Waals surface area contributed by atoms with Gasteiger partial charge in [0.1, 0.15) is 12.3 Å². The second-order valence-electron chi connectivity index (χ2n) is 7.45. The molecule has 0 saturated heterocycles. The summed E-state index contributed by atoms with van der Waals surface area (Å²) in [6.45, 7) is 5.43. The molecule has 0 fully saturated rings. The molecule has 9 nitrogen and oxygen atoms in total. The van der Waals surface area contributed by atoms with Crippen molar-refractivity contribution in [3.05, 3.63) is 58.8 Å². The van der Waals surface area contributed by atoms with Crippen molar-refractivity contribution in [1.29, 1.82) is 0 Å². The minimum atomic E-state index is -0.320. The third-order valence-electron chi connectivity index (χ3n) is 4.92. The number of anilines is 1. The van der Waals surface area contributed by atoms with Gasteiger partial charge in [-0.15, -0.1) is 0 Å². The van der Waals surface area contributed by atoms with Crippen molar-refractivity contribution < 1.29 is 14.1 Å². The molecule has 0 atom stereocenters. The van der Waals surface area contributed by atoms with Gasteiger partial charge < -0.3 is 14.6 Å². The molecule has 4 aromatic rings. The average molecular weight is 421 g/mol. The lowest BCUT2D eigenvalue weighted by molar-refractivity contribution is -0.116. The van der Waals surface area contributed by atoms with Gasteiger partial charge in [-0.3, -0.25) is 13.9 Å². The summed E-state index contributed by atoms with van der Waals surface area (Å²) >= 11 is 0. The molecule has 9 heteroatoms. The number of carbonyl (C=O) groups is 1. The van der Waals surface area contributed by atoms with Crippen molar-refractivity contribution in [1.82, 2.24) is 19.3 Å². The Bertz CT molecular complexity index is 1320. The number of imidazole rings is 1. The Morgan fingerprint density at radius 1 is 1.19 bits per heavy atom. The topological polar surface area (TPSA) is 104 Å². The molecule has 2 aromatic carbocycles. The van der Waals surface area contributed by atoms with Crippen LogP contribution in [-0.4, -0.2) is 32.3 Å². The third kappa shape index (κ3) is 3.94. The number of benzene rings is 2. The Balaban J connectivity index is 1.73. The van der Waals surface area contributed by atoms with E-state index in [1.54, 1.807) is 48.9 Å². The van der Waals surface area contributed by atoms with Crippen LogP contribution in [0.2, 0.25) is 0 Å². The predicted molar refractivity (Wildman–Crippen MR) is 116 cm³/mol. The lowest BCUT2D eigenvalue weighted by atomic mass is 10.2. The van der Waals surface area contributed by atoms with Gasteiger partial charge in [0.15, 0.2) is 0 Å². The number of nitrogens with one attached hydrogen (secondary N) is 1. The summed E-state index contributed by atoms with van der Waals surface area (Å²) in [4.78, 5) is 30.2. The summed E-state index contributed by atoms with van der Waals surface area (Å²) in [7, 11) is 1.56. The van der Waals surface area contributed by atoms with Gasteiger partial charge >= 0.3 is 5.69 Å². The first-order valence-corrected chi connectivity index (χ1v) is 9.86. The number of amides is 1. The first kappa shape index (κ1) is 20.4. The summed E-state index contributed by atoms with van der Waals surface area (Å²) in [5.74, 6) is 1.19. The molecule has 1 N–H and O–H groups in total. The van der Waals surface area contributed by atoms with Crippen molar-refractivity contribution in [2.75, 3.05) is 12.4 Å². The highest BCUT2D eigenvalue weighted by atomic mass is 16.5. The highest BCUT2D eigenvalue weighted by Crippen LogP contribution is 2.24.